The van der Waals surface area contributed by atoms with E-state index in [1.165, 1.54) is 0 Å². The molecule has 3 rings (SSSR count). The van der Waals surface area contributed by atoms with Gasteiger partial charge in [0.15, 0.2) is 6.61 Å². The van der Waals surface area contributed by atoms with Gasteiger partial charge in [-0.05, 0) is 42.7 Å². The lowest BCUT2D eigenvalue weighted by Gasteiger charge is -2.25. The van der Waals surface area contributed by atoms with Crippen LogP contribution in [-0.2, 0) is 19.1 Å². The molecule has 2 aliphatic heterocycles. The van der Waals surface area contributed by atoms with Crippen LogP contribution in [0, 0.1) is 0 Å². The van der Waals surface area contributed by atoms with Gasteiger partial charge in [-0.3, -0.25) is 14.5 Å². The highest BCUT2D eigenvalue weighted by molar-refractivity contribution is 5.83. The van der Waals surface area contributed by atoms with Gasteiger partial charge >= 0.3 is 0 Å². The Labute approximate surface area is 170 Å². The molecular weight excluding hydrogens is 376 g/mol. The minimum Gasteiger partial charge on any atom is -0.484 e. The number of nitrogens with one attached hydrogen (secondary N) is 2. The second-order valence-corrected chi connectivity index (χ2v) is 6.98. The minimum atomic E-state index is -0.172. The van der Waals surface area contributed by atoms with Crippen molar-refractivity contribution in [2.75, 3.05) is 52.6 Å². The number of hydrogen-bond acceptors (Lipinski definition) is 7. The molecule has 2 amide bonds. The van der Waals surface area contributed by atoms with E-state index < -0.39 is 0 Å². The summed E-state index contributed by atoms with van der Waals surface area (Å²) < 4.78 is 16.2. The van der Waals surface area contributed by atoms with Crippen LogP contribution in [0.4, 0.5) is 0 Å². The summed E-state index contributed by atoms with van der Waals surface area (Å²) in [6.45, 7) is 4.37. The van der Waals surface area contributed by atoms with Crippen LogP contribution in [0.25, 0.3) is 0 Å². The van der Waals surface area contributed by atoms with Crippen molar-refractivity contribution >= 4 is 18.0 Å². The van der Waals surface area contributed by atoms with E-state index in [2.05, 4.69) is 15.8 Å². The third kappa shape index (κ3) is 7.80. The molecule has 2 aliphatic rings. The molecule has 0 aliphatic carbocycles. The summed E-state index contributed by atoms with van der Waals surface area (Å²) in [6.07, 6.45) is 3.71. The smallest absolute Gasteiger partial charge is 0.258 e. The molecule has 9 nitrogen and oxygen atoms in total. The Balaban J connectivity index is 1.32. The van der Waals surface area contributed by atoms with Crippen LogP contribution >= 0.6 is 0 Å². The Bertz CT molecular complexity index is 683. The van der Waals surface area contributed by atoms with Crippen LogP contribution in [0.2, 0.25) is 0 Å². The number of morpholine rings is 1. The zero-order valence-electron chi connectivity index (χ0n) is 16.5. The summed E-state index contributed by atoms with van der Waals surface area (Å²) in [5, 5.41) is 6.79. The van der Waals surface area contributed by atoms with Gasteiger partial charge in [0.2, 0.25) is 0 Å². The van der Waals surface area contributed by atoms with Gasteiger partial charge in [-0.2, -0.15) is 5.10 Å². The van der Waals surface area contributed by atoms with Crippen molar-refractivity contribution in [2.24, 2.45) is 5.10 Å². The first-order chi connectivity index (χ1) is 14.2. The van der Waals surface area contributed by atoms with Crippen molar-refractivity contribution in [1.29, 1.82) is 0 Å². The fourth-order valence-electron chi connectivity index (χ4n) is 3.06. The maximum atomic E-state index is 11.9. The first kappa shape index (κ1) is 21.2. The van der Waals surface area contributed by atoms with Crippen LogP contribution < -0.4 is 15.5 Å². The molecule has 0 bridgehead atoms. The monoisotopic (exact) mass is 404 g/mol. The van der Waals surface area contributed by atoms with Gasteiger partial charge in [-0.25, -0.2) is 5.43 Å². The van der Waals surface area contributed by atoms with Gasteiger partial charge in [-0.1, -0.05) is 0 Å². The highest BCUT2D eigenvalue weighted by Gasteiger charge is 2.16. The molecular formula is C20H28N4O5. The van der Waals surface area contributed by atoms with Crippen LogP contribution in [0.5, 0.6) is 5.75 Å². The average Bonchev–Trinajstić information content (AvgIpc) is 3.26. The highest BCUT2D eigenvalue weighted by Crippen LogP contribution is 2.12. The van der Waals surface area contributed by atoms with E-state index in [1.54, 1.807) is 30.5 Å². The van der Waals surface area contributed by atoms with Gasteiger partial charge in [0.1, 0.15) is 5.75 Å². The zero-order valence-corrected chi connectivity index (χ0v) is 16.5. The summed E-state index contributed by atoms with van der Waals surface area (Å²) in [5.74, 6) is 0.261. The van der Waals surface area contributed by atoms with Crippen LogP contribution in [0.15, 0.2) is 29.4 Å². The Hall–Kier alpha value is -2.49. The van der Waals surface area contributed by atoms with Crippen molar-refractivity contribution in [3.8, 4) is 5.75 Å². The van der Waals surface area contributed by atoms with E-state index >= 15 is 0 Å². The van der Waals surface area contributed by atoms with E-state index in [1.807, 2.05) is 4.90 Å². The quantitative estimate of drug-likeness (QED) is 0.449. The van der Waals surface area contributed by atoms with Gasteiger partial charge in [0.05, 0.1) is 32.1 Å². The van der Waals surface area contributed by atoms with Crippen molar-refractivity contribution in [2.45, 2.75) is 18.9 Å². The molecule has 0 radical (unpaired) electrons. The number of hydrazone groups is 1. The molecule has 2 fully saturated rings. The van der Waals surface area contributed by atoms with E-state index in [4.69, 9.17) is 14.2 Å². The van der Waals surface area contributed by atoms with Crippen LogP contribution in [-0.4, -0.2) is 81.6 Å². The summed E-state index contributed by atoms with van der Waals surface area (Å²) in [5.41, 5.74) is 3.34. The third-order valence-electron chi connectivity index (χ3n) is 4.67. The summed E-state index contributed by atoms with van der Waals surface area (Å²) in [4.78, 5) is 25.7. The normalized spacial score (nSPS) is 19.9. The summed E-state index contributed by atoms with van der Waals surface area (Å²) in [7, 11) is 0. The molecule has 1 aromatic carbocycles. The number of carbonyl (C=O) groups excluding carboxylic acids is 2. The number of amides is 2. The molecule has 29 heavy (non-hydrogen) atoms. The van der Waals surface area contributed by atoms with Gasteiger partial charge in [0, 0.05) is 26.2 Å². The molecule has 2 N–H and O–H groups in total. The van der Waals surface area contributed by atoms with E-state index in [0.29, 0.717) is 32.1 Å². The largest absolute Gasteiger partial charge is 0.484 e. The van der Waals surface area contributed by atoms with Crippen LogP contribution in [0.1, 0.15) is 18.4 Å². The summed E-state index contributed by atoms with van der Waals surface area (Å²) >= 11 is 0. The molecule has 158 valence electrons. The van der Waals surface area contributed by atoms with Crippen LogP contribution in [0.3, 0.4) is 0 Å². The average molecular weight is 404 g/mol. The fourth-order valence-corrected chi connectivity index (χ4v) is 3.06. The Morgan fingerprint density at radius 1 is 1.17 bits per heavy atom. The number of nitrogens with zero attached hydrogens (tertiary/aromatic N) is 2. The summed E-state index contributed by atoms with van der Waals surface area (Å²) in [6, 6.07) is 7.11. The lowest BCUT2D eigenvalue weighted by molar-refractivity contribution is -0.124. The minimum absolute atomic E-state index is 0.0439. The van der Waals surface area contributed by atoms with Crippen molar-refractivity contribution < 1.29 is 23.8 Å². The maximum Gasteiger partial charge on any atom is 0.258 e. The lowest BCUT2D eigenvalue weighted by atomic mass is 10.2. The second-order valence-electron chi connectivity index (χ2n) is 6.98. The lowest BCUT2D eigenvalue weighted by Crippen LogP contribution is -2.42. The van der Waals surface area contributed by atoms with Gasteiger partial charge in [-0.15, -0.1) is 0 Å². The second kappa shape index (κ2) is 11.5. The molecule has 2 heterocycles. The van der Waals surface area contributed by atoms with Crippen molar-refractivity contribution in [1.82, 2.24) is 15.6 Å². The predicted molar refractivity (Wildman–Crippen MR) is 107 cm³/mol. The molecule has 9 heteroatoms. The predicted octanol–water partition coefficient (Wildman–Crippen LogP) is 0.143. The molecule has 0 spiro atoms. The molecule has 1 aromatic rings. The molecule has 2 saturated heterocycles. The molecule has 0 aromatic heterocycles. The number of rotatable bonds is 9. The number of hydrogen-bond donors (Lipinski definition) is 2. The van der Waals surface area contributed by atoms with E-state index in [9.17, 15) is 9.59 Å². The molecule has 1 atom stereocenters. The maximum absolute atomic E-state index is 11.9. The SMILES string of the molecule is O=C(COc1ccc(/C=N\NC(=O)CN2CCOCC2)cc1)NC[C@H]1CCCO1. The fraction of sp³-hybridized carbons (Fsp3) is 0.550. The zero-order chi connectivity index (χ0) is 20.3. The van der Waals surface area contributed by atoms with E-state index in [-0.39, 0.29) is 24.5 Å². The Kier molecular flexibility index (Phi) is 8.41. The number of ether oxygens (including phenoxy) is 3. The molecule has 0 saturated carbocycles. The first-order valence-electron chi connectivity index (χ1n) is 9.92. The van der Waals surface area contributed by atoms with Crippen molar-refractivity contribution in [3.63, 3.8) is 0 Å². The number of benzene rings is 1. The Morgan fingerprint density at radius 3 is 2.69 bits per heavy atom. The van der Waals surface area contributed by atoms with E-state index in [0.717, 1.165) is 38.1 Å². The van der Waals surface area contributed by atoms with Gasteiger partial charge < -0.3 is 19.5 Å². The van der Waals surface area contributed by atoms with Gasteiger partial charge in [0.25, 0.3) is 11.8 Å². The molecule has 0 unspecified atom stereocenters. The number of carbonyl (C=O) groups is 2. The van der Waals surface area contributed by atoms with Crippen molar-refractivity contribution in [3.05, 3.63) is 29.8 Å². The highest BCUT2D eigenvalue weighted by atomic mass is 16.5. The topological polar surface area (TPSA) is 101 Å². The Morgan fingerprint density at radius 2 is 1.97 bits per heavy atom. The first-order valence-corrected chi connectivity index (χ1v) is 9.92. The third-order valence-corrected chi connectivity index (χ3v) is 4.67. The standard InChI is InChI=1S/C20H28N4O5/c25-19(14-24-7-10-27-11-8-24)23-22-12-16-3-5-17(6-4-16)29-15-20(26)21-13-18-2-1-9-28-18/h3-6,12,18H,1-2,7-11,13-15H2,(H,21,26)(H,23,25)/b22-12-/t18-/m1/s1.